The summed E-state index contributed by atoms with van der Waals surface area (Å²) in [6.45, 7) is 14.3. The number of halogens is 1. The van der Waals surface area contributed by atoms with Crippen LogP contribution in [0.3, 0.4) is 0 Å². The number of aromatic nitrogens is 2. The molecule has 7 nitrogen and oxygen atoms in total. The van der Waals surface area contributed by atoms with Crippen LogP contribution in [0.25, 0.3) is 0 Å². The molecule has 1 unspecified atom stereocenters. The molecule has 184 valence electrons. The van der Waals surface area contributed by atoms with Crippen LogP contribution in [0.2, 0.25) is 5.15 Å². The molecule has 2 amide bonds. The molecular formula is C25H34ClN5O2S. The predicted octanol–water partition coefficient (Wildman–Crippen LogP) is 4.95. The van der Waals surface area contributed by atoms with Crippen molar-refractivity contribution in [2.24, 2.45) is 5.41 Å². The molecule has 1 saturated heterocycles. The van der Waals surface area contributed by atoms with Gasteiger partial charge < -0.3 is 15.1 Å². The summed E-state index contributed by atoms with van der Waals surface area (Å²) >= 11 is 7.53. The maximum absolute atomic E-state index is 12.7. The standard InChI is InChI=1S/C25H34ClN5O2S/c1-16-7-8-19(11-17(16)2)27-22(32)15-34-24-28-20(26)12-21(29-24)30-9-10-31(18(3)14-30)23(33)13-25(4,5)6/h7-8,11-12,18H,9-10,13-15H2,1-6H3,(H,27,32). The van der Waals surface area contributed by atoms with E-state index in [-0.39, 0.29) is 29.0 Å². The number of nitrogens with one attached hydrogen (secondary N) is 1. The van der Waals surface area contributed by atoms with Crippen molar-refractivity contribution < 1.29 is 9.59 Å². The second-order valence-electron chi connectivity index (χ2n) is 10.1. The minimum atomic E-state index is -0.127. The van der Waals surface area contributed by atoms with E-state index in [4.69, 9.17) is 11.6 Å². The van der Waals surface area contributed by atoms with Crippen LogP contribution in [0.1, 0.15) is 45.2 Å². The van der Waals surface area contributed by atoms with Crippen molar-refractivity contribution in [1.82, 2.24) is 14.9 Å². The molecule has 34 heavy (non-hydrogen) atoms. The predicted molar refractivity (Wildman–Crippen MR) is 140 cm³/mol. The van der Waals surface area contributed by atoms with Gasteiger partial charge in [-0.2, -0.15) is 0 Å². The molecule has 1 aromatic heterocycles. The lowest BCUT2D eigenvalue weighted by atomic mass is 9.91. The van der Waals surface area contributed by atoms with Crippen LogP contribution in [0.4, 0.5) is 11.5 Å². The number of thioether (sulfide) groups is 1. The first kappa shape index (κ1) is 26.3. The molecule has 0 aliphatic carbocycles. The van der Waals surface area contributed by atoms with Crippen molar-refractivity contribution in [3.63, 3.8) is 0 Å². The number of anilines is 2. The Hall–Kier alpha value is -2.32. The minimum absolute atomic E-state index is 0.0369. The quantitative estimate of drug-likeness (QED) is 0.341. The number of piperazine rings is 1. The summed E-state index contributed by atoms with van der Waals surface area (Å²) in [5, 5.41) is 3.70. The van der Waals surface area contributed by atoms with Gasteiger partial charge in [0, 0.05) is 43.9 Å². The number of carbonyl (C=O) groups is 2. The first-order valence-corrected chi connectivity index (χ1v) is 12.9. The molecule has 0 saturated carbocycles. The zero-order chi connectivity index (χ0) is 25.0. The number of amides is 2. The molecule has 2 aromatic rings. The van der Waals surface area contributed by atoms with Gasteiger partial charge >= 0.3 is 0 Å². The Bertz CT molecular complexity index is 1060. The van der Waals surface area contributed by atoms with Gasteiger partial charge in [0.25, 0.3) is 0 Å². The molecular weight excluding hydrogens is 470 g/mol. The van der Waals surface area contributed by atoms with Gasteiger partial charge in [-0.05, 0) is 49.4 Å². The average molecular weight is 504 g/mol. The zero-order valence-electron chi connectivity index (χ0n) is 20.8. The van der Waals surface area contributed by atoms with Crippen LogP contribution in [-0.4, -0.2) is 58.1 Å². The number of hydrogen-bond donors (Lipinski definition) is 1. The lowest BCUT2D eigenvalue weighted by Crippen LogP contribution is -2.54. The highest BCUT2D eigenvalue weighted by molar-refractivity contribution is 7.99. The van der Waals surface area contributed by atoms with Crippen LogP contribution in [0.5, 0.6) is 0 Å². The number of rotatable bonds is 6. The van der Waals surface area contributed by atoms with E-state index in [9.17, 15) is 9.59 Å². The highest BCUT2D eigenvalue weighted by Gasteiger charge is 2.30. The number of hydrogen-bond acceptors (Lipinski definition) is 6. The van der Waals surface area contributed by atoms with E-state index in [2.05, 4.69) is 47.9 Å². The van der Waals surface area contributed by atoms with Crippen LogP contribution in [0, 0.1) is 19.3 Å². The molecule has 0 bridgehead atoms. The van der Waals surface area contributed by atoms with Crippen LogP contribution < -0.4 is 10.2 Å². The second-order valence-corrected chi connectivity index (χ2v) is 11.4. The Balaban J connectivity index is 1.60. The van der Waals surface area contributed by atoms with Gasteiger partial charge in [0.05, 0.1) is 5.75 Å². The second kappa shape index (κ2) is 11.0. The van der Waals surface area contributed by atoms with Crippen molar-refractivity contribution in [3.8, 4) is 0 Å². The fourth-order valence-electron chi connectivity index (χ4n) is 3.85. The first-order valence-electron chi connectivity index (χ1n) is 11.5. The monoisotopic (exact) mass is 503 g/mol. The third kappa shape index (κ3) is 7.34. The number of benzene rings is 1. The van der Waals surface area contributed by atoms with E-state index in [1.165, 1.54) is 17.3 Å². The van der Waals surface area contributed by atoms with Gasteiger partial charge in [0.1, 0.15) is 11.0 Å². The van der Waals surface area contributed by atoms with Gasteiger partial charge in [-0.3, -0.25) is 9.59 Å². The number of nitrogens with zero attached hydrogens (tertiary/aromatic N) is 4. The molecule has 1 atom stereocenters. The third-order valence-electron chi connectivity index (χ3n) is 5.74. The van der Waals surface area contributed by atoms with Crippen LogP contribution >= 0.6 is 23.4 Å². The van der Waals surface area contributed by atoms with Gasteiger partial charge in [0.15, 0.2) is 5.16 Å². The Morgan fingerprint density at radius 1 is 1.15 bits per heavy atom. The molecule has 9 heteroatoms. The van der Waals surface area contributed by atoms with E-state index in [1.54, 1.807) is 6.07 Å². The van der Waals surface area contributed by atoms with Crippen LogP contribution in [-0.2, 0) is 9.59 Å². The Kier molecular flexibility index (Phi) is 8.47. The van der Waals surface area contributed by atoms with Crippen molar-refractivity contribution in [2.45, 2.75) is 59.2 Å². The lowest BCUT2D eigenvalue weighted by molar-refractivity contribution is -0.135. The lowest BCUT2D eigenvalue weighted by Gasteiger charge is -2.41. The summed E-state index contributed by atoms with van der Waals surface area (Å²) in [6.07, 6.45) is 0.529. The molecule has 1 aliphatic heterocycles. The Morgan fingerprint density at radius 3 is 2.53 bits per heavy atom. The summed E-state index contributed by atoms with van der Waals surface area (Å²) in [6, 6.07) is 7.64. The molecule has 0 radical (unpaired) electrons. The maximum atomic E-state index is 12.7. The summed E-state index contributed by atoms with van der Waals surface area (Å²) in [5.41, 5.74) is 3.04. The molecule has 0 spiro atoms. The molecule has 1 fully saturated rings. The largest absolute Gasteiger partial charge is 0.353 e. The smallest absolute Gasteiger partial charge is 0.234 e. The Labute approximate surface area is 211 Å². The average Bonchev–Trinajstić information content (AvgIpc) is 2.73. The van der Waals surface area contributed by atoms with Gasteiger partial charge in [-0.25, -0.2) is 9.97 Å². The van der Waals surface area contributed by atoms with E-state index < -0.39 is 0 Å². The van der Waals surface area contributed by atoms with Crippen molar-refractivity contribution in [2.75, 3.05) is 35.6 Å². The normalized spacial score (nSPS) is 16.5. The number of aryl methyl sites for hydroxylation is 2. The first-order chi connectivity index (χ1) is 15.9. The maximum Gasteiger partial charge on any atom is 0.234 e. The van der Waals surface area contributed by atoms with E-state index in [1.807, 2.05) is 36.9 Å². The molecule has 2 heterocycles. The summed E-state index contributed by atoms with van der Waals surface area (Å²) in [4.78, 5) is 38.1. The zero-order valence-corrected chi connectivity index (χ0v) is 22.4. The Morgan fingerprint density at radius 2 is 1.88 bits per heavy atom. The molecule has 1 N–H and O–H groups in total. The van der Waals surface area contributed by atoms with Crippen molar-refractivity contribution >= 4 is 46.7 Å². The van der Waals surface area contributed by atoms with Gasteiger partial charge in [0.2, 0.25) is 11.8 Å². The fourth-order valence-corrected chi connectivity index (χ4v) is 4.73. The minimum Gasteiger partial charge on any atom is -0.353 e. The van der Waals surface area contributed by atoms with E-state index >= 15 is 0 Å². The molecule has 1 aliphatic rings. The fraction of sp³-hybridized carbons (Fsp3) is 0.520. The topological polar surface area (TPSA) is 78.4 Å². The van der Waals surface area contributed by atoms with Crippen LogP contribution in [0.15, 0.2) is 29.4 Å². The number of carbonyl (C=O) groups excluding carboxylic acids is 2. The highest BCUT2D eigenvalue weighted by Crippen LogP contribution is 2.26. The summed E-state index contributed by atoms with van der Waals surface area (Å²) < 4.78 is 0. The van der Waals surface area contributed by atoms with Crippen molar-refractivity contribution in [3.05, 3.63) is 40.5 Å². The van der Waals surface area contributed by atoms with E-state index in [0.717, 1.165) is 11.3 Å². The third-order valence-corrected chi connectivity index (χ3v) is 6.78. The van der Waals surface area contributed by atoms with Crippen molar-refractivity contribution in [1.29, 1.82) is 0 Å². The summed E-state index contributed by atoms with van der Waals surface area (Å²) in [5.74, 6) is 0.953. The highest BCUT2D eigenvalue weighted by atomic mass is 35.5. The SMILES string of the molecule is Cc1ccc(NC(=O)CSc2nc(Cl)cc(N3CCN(C(=O)CC(C)(C)C)C(C)C3)n2)cc1C. The van der Waals surface area contributed by atoms with E-state index in [0.29, 0.717) is 42.2 Å². The summed E-state index contributed by atoms with van der Waals surface area (Å²) in [7, 11) is 0. The van der Waals surface area contributed by atoms with Gasteiger partial charge in [-0.15, -0.1) is 0 Å². The molecule has 3 rings (SSSR count). The van der Waals surface area contributed by atoms with Gasteiger partial charge in [-0.1, -0.05) is 50.2 Å². The molecule has 1 aromatic carbocycles.